The average Bonchev–Trinajstić information content (AvgIpc) is 3.17. The van der Waals surface area contributed by atoms with E-state index in [1.807, 2.05) is 19.9 Å². The van der Waals surface area contributed by atoms with Crippen molar-refractivity contribution in [1.29, 1.82) is 0 Å². The number of aromatic nitrogens is 6. The highest BCUT2D eigenvalue weighted by molar-refractivity contribution is 5.72. The number of fused-ring (bicyclic) bond motifs is 1. The number of aryl methyl sites for hydroxylation is 4. The first-order valence-corrected chi connectivity index (χ1v) is 8.68. The minimum atomic E-state index is -0.338. The van der Waals surface area contributed by atoms with E-state index in [2.05, 4.69) is 17.0 Å². The van der Waals surface area contributed by atoms with Crippen LogP contribution in [-0.2, 0) is 33.5 Å². The van der Waals surface area contributed by atoms with Gasteiger partial charge in [-0.3, -0.25) is 13.9 Å². The molecule has 0 bridgehead atoms. The molecule has 8 heteroatoms. The van der Waals surface area contributed by atoms with Crippen molar-refractivity contribution in [2.24, 2.45) is 14.1 Å². The predicted molar refractivity (Wildman–Crippen MR) is 96.4 cm³/mol. The summed E-state index contributed by atoms with van der Waals surface area (Å²) in [7, 11) is 3.44. The molecule has 0 aliphatic rings. The molecule has 3 rings (SSSR count). The van der Waals surface area contributed by atoms with E-state index in [0.29, 0.717) is 30.1 Å². The summed E-state index contributed by atoms with van der Waals surface area (Å²) in [6.45, 7) is 6.44. The zero-order valence-corrected chi connectivity index (χ0v) is 15.4. The summed E-state index contributed by atoms with van der Waals surface area (Å²) in [5.41, 5.74) is 2.16. The maximum absolute atomic E-state index is 12.8. The summed E-state index contributed by atoms with van der Waals surface area (Å²) in [5.74, 6) is 0.549. The van der Waals surface area contributed by atoms with E-state index >= 15 is 0 Å². The van der Waals surface area contributed by atoms with Crippen LogP contribution in [0.5, 0.6) is 0 Å². The third kappa shape index (κ3) is 2.52. The minimum Gasteiger partial charge on any atom is -0.306 e. The second kappa shape index (κ2) is 6.34. The van der Waals surface area contributed by atoms with Crippen LogP contribution in [0.2, 0.25) is 0 Å². The Balaban J connectivity index is 2.37. The van der Waals surface area contributed by atoms with Crippen LogP contribution in [0.4, 0.5) is 0 Å². The van der Waals surface area contributed by atoms with Gasteiger partial charge in [0, 0.05) is 26.3 Å². The Morgan fingerprint density at radius 3 is 2.36 bits per heavy atom. The molecule has 0 radical (unpaired) electrons. The van der Waals surface area contributed by atoms with Crippen LogP contribution in [0.25, 0.3) is 17.1 Å². The molecular formula is C17H24N6O2. The van der Waals surface area contributed by atoms with E-state index in [9.17, 15) is 9.59 Å². The molecule has 8 nitrogen and oxygen atoms in total. The van der Waals surface area contributed by atoms with Gasteiger partial charge in [-0.05, 0) is 25.3 Å². The van der Waals surface area contributed by atoms with Gasteiger partial charge >= 0.3 is 5.69 Å². The first kappa shape index (κ1) is 17.2. The van der Waals surface area contributed by atoms with Crippen molar-refractivity contribution in [1.82, 2.24) is 28.5 Å². The van der Waals surface area contributed by atoms with Gasteiger partial charge in [0.1, 0.15) is 0 Å². The molecule has 0 saturated carbocycles. The van der Waals surface area contributed by atoms with Crippen molar-refractivity contribution in [3.8, 4) is 5.95 Å². The molecule has 0 fully saturated rings. The van der Waals surface area contributed by atoms with Crippen LogP contribution < -0.4 is 11.2 Å². The molecule has 25 heavy (non-hydrogen) atoms. The van der Waals surface area contributed by atoms with E-state index in [4.69, 9.17) is 0 Å². The Bertz CT molecular complexity index is 1050. The summed E-state index contributed by atoms with van der Waals surface area (Å²) >= 11 is 0. The van der Waals surface area contributed by atoms with Crippen molar-refractivity contribution >= 4 is 11.2 Å². The summed E-state index contributed by atoms with van der Waals surface area (Å²) < 4.78 is 6.21. The topological polar surface area (TPSA) is 79.6 Å². The molecule has 0 spiro atoms. The maximum atomic E-state index is 12.8. The molecule has 0 aromatic carbocycles. The van der Waals surface area contributed by atoms with E-state index in [1.54, 1.807) is 23.3 Å². The van der Waals surface area contributed by atoms with Crippen LogP contribution >= 0.6 is 0 Å². The number of rotatable bonds is 5. The Morgan fingerprint density at radius 1 is 1.04 bits per heavy atom. The second-order valence-corrected chi connectivity index (χ2v) is 6.19. The molecule has 3 heterocycles. The highest BCUT2D eigenvalue weighted by Crippen LogP contribution is 2.16. The molecule has 3 aromatic heterocycles. The van der Waals surface area contributed by atoms with Crippen LogP contribution in [0.15, 0.2) is 15.7 Å². The summed E-state index contributed by atoms with van der Waals surface area (Å²) in [4.78, 5) is 29.9. The van der Waals surface area contributed by atoms with E-state index < -0.39 is 0 Å². The number of nitrogens with zero attached hydrogens (tertiary/aromatic N) is 6. The molecule has 0 amide bonds. The highest BCUT2D eigenvalue weighted by Gasteiger charge is 2.20. The van der Waals surface area contributed by atoms with Gasteiger partial charge in [-0.15, -0.1) is 0 Å². The quantitative estimate of drug-likeness (QED) is 0.695. The Labute approximate surface area is 145 Å². The van der Waals surface area contributed by atoms with Gasteiger partial charge < -0.3 is 4.57 Å². The molecule has 3 aromatic rings. The third-order valence-electron chi connectivity index (χ3n) is 4.53. The molecule has 0 saturated heterocycles. The zero-order valence-electron chi connectivity index (χ0n) is 15.4. The van der Waals surface area contributed by atoms with Crippen molar-refractivity contribution < 1.29 is 0 Å². The molecular weight excluding hydrogens is 320 g/mol. The van der Waals surface area contributed by atoms with Crippen molar-refractivity contribution in [3.05, 3.63) is 38.3 Å². The first-order valence-electron chi connectivity index (χ1n) is 8.68. The van der Waals surface area contributed by atoms with E-state index in [1.165, 1.54) is 9.13 Å². The summed E-state index contributed by atoms with van der Waals surface area (Å²) in [6.07, 6.45) is 2.34. The van der Waals surface area contributed by atoms with Crippen LogP contribution in [0, 0.1) is 0 Å². The van der Waals surface area contributed by atoms with Gasteiger partial charge in [0.2, 0.25) is 5.95 Å². The monoisotopic (exact) mass is 344 g/mol. The van der Waals surface area contributed by atoms with Crippen LogP contribution in [-0.4, -0.2) is 28.5 Å². The lowest BCUT2D eigenvalue weighted by Crippen LogP contribution is -2.39. The number of imidazole rings is 1. The SMILES string of the molecule is CCCn1c(=O)c2c(nc(-n3nc(CC)cc3CC)n2C)n(C)c1=O. The lowest BCUT2D eigenvalue weighted by atomic mass is 10.3. The summed E-state index contributed by atoms with van der Waals surface area (Å²) in [6, 6.07) is 2.05. The standard InChI is InChI=1S/C17H24N6O2/c1-6-9-22-15(24)13-14(21(5)17(22)25)18-16(20(13)4)23-12(8-3)10-11(7-2)19-23/h10H,6-9H2,1-5H3. The zero-order chi connectivity index (χ0) is 18.3. The van der Waals surface area contributed by atoms with Gasteiger partial charge in [0.15, 0.2) is 11.2 Å². The predicted octanol–water partition coefficient (Wildman–Crippen LogP) is 1.15. The number of hydrogen-bond acceptors (Lipinski definition) is 4. The molecule has 0 atom stereocenters. The smallest absolute Gasteiger partial charge is 0.306 e. The van der Waals surface area contributed by atoms with Crippen LogP contribution in [0.1, 0.15) is 38.6 Å². The average molecular weight is 344 g/mol. The fraction of sp³-hybridized carbons (Fsp3) is 0.529. The fourth-order valence-electron chi connectivity index (χ4n) is 3.12. The van der Waals surface area contributed by atoms with Crippen molar-refractivity contribution in [2.75, 3.05) is 0 Å². The summed E-state index contributed by atoms with van der Waals surface area (Å²) in [5, 5.41) is 4.60. The molecule has 0 unspecified atom stereocenters. The minimum absolute atomic E-state index is 0.304. The molecule has 134 valence electrons. The third-order valence-corrected chi connectivity index (χ3v) is 4.53. The molecule has 0 aliphatic carbocycles. The van der Waals surface area contributed by atoms with Gasteiger partial charge in [-0.1, -0.05) is 20.8 Å². The van der Waals surface area contributed by atoms with E-state index in [0.717, 1.165) is 24.2 Å². The normalized spacial score (nSPS) is 11.6. The molecule has 0 aliphatic heterocycles. The Hall–Kier alpha value is -2.64. The highest BCUT2D eigenvalue weighted by atomic mass is 16.2. The Kier molecular flexibility index (Phi) is 4.36. The lowest BCUT2D eigenvalue weighted by molar-refractivity contribution is 0.591. The van der Waals surface area contributed by atoms with Gasteiger partial charge in [-0.25, -0.2) is 9.48 Å². The fourth-order valence-corrected chi connectivity index (χ4v) is 3.12. The Morgan fingerprint density at radius 2 is 1.76 bits per heavy atom. The van der Waals surface area contributed by atoms with Crippen molar-refractivity contribution in [3.63, 3.8) is 0 Å². The maximum Gasteiger partial charge on any atom is 0.332 e. The number of hydrogen-bond donors (Lipinski definition) is 0. The van der Waals surface area contributed by atoms with Gasteiger partial charge in [0.05, 0.1) is 5.69 Å². The van der Waals surface area contributed by atoms with Crippen molar-refractivity contribution in [2.45, 2.75) is 46.6 Å². The van der Waals surface area contributed by atoms with Gasteiger partial charge in [-0.2, -0.15) is 10.1 Å². The molecule has 0 N–H and O–H groups in total. The van der Waals surface area contributed by atoms with Crippen LogP contribution in [0.3, 0.4) is 0 Å². The van der Waals surface area contributed by atoms with Gasteiger partial charge in [0.25, 0.3) is 5.56 Å². The first-order chi connectivity index (χ1) is 11.9. The largest absolute Gasteiger partial charge is 0.332 e. The second-order valence-electron chi connectivity index (χ2n) is 6.19. The van der Waals surface area contributed by atoms with E-state index in [-0.39, 0.29) is 11.2 Å². The lowest BCUT2D eigenvalue weighted by Gasteiger charge is -2.07.